The lowest BCUT2D eigenvalue weighted by atomic mass is 10.0. The number of hydrogen-bond donors (Lipinski definition) is 0. The molecule has 0 unspecified atom stereocenters. The summed E-state index contributed by atoms with van der Waals surface area (Å²) in [6, 6.07) is 14.7. The Labute approximate surface area is 160 Å². The van der Waals surface area contributed by atoms with E-state index in [1.54, 1.807) is 42.0 Å². The predicted octanol–water partition coefficient (Wildman–Crippen LogP) is 3.70. The Kier molecular flexibility index (Phi) is 5.49. The molecule has 27 heavy (non-hydrogen) atoms. The minimum atomic E-state index is -0.527. The van der Waals surface area contributed by atoms with E-state index in [-0.39, 0.29) is 11.8 Å². The van der Waals surface area contributed by atoms with Crippen molar-refractivity contribution in [2.45, 2.75) is 32.7 Å². The van der Waals surface area contributed by atoms with Crippen molar-refractivity contribution in [3.05, 3.63) is 59.7 Å². The van der Waals surface area contributed by atoms with Crippen LogP contribution in [0, 0.1) is 0 Å². The molecule has 0 spiro atoms. The van der Waals surface area contributed by atoms with E-state index in [0.29, 0.717) is 30.3 Å². The molecule has 3 rings (SSSR count). The van der Waals surface area contributed by atoms with Crippen molar-refractivity contribution < 1.29 is 14.3 Å². The Balaban J connectivity index is 1.79. The summed E-state index contributed by atoms with van der Waals surface area (Å²) in [6.07, 6.45) is 0. The van der Waals surface area contributed by atoms with Crippen LogP contribution in [0.4, 0.5) is 5.69 Å². The lowest BCUT2D eigenvalue weighted by Crippen LogP contribution is -2.57. The van der Waals surface area contributed by atoms with Crippen LogP contribution in [0.1, 0.15) is 42.6 Å². The Morgan fingerprint density at radius 3 is 2.37 bits per heavy atom. The zero-order valence-corrected chi connectivity index (χ0v) is 16.3. The third kappa shape index (κ3) is 3.68. The van der Waals surface area contributed by atoms with Crippen molar-refractivity contribution in [3.8, 4) is 5.75 Å². The summed E-state index contributed by atoms with van der Waals surface area (Å²) in [4.78, 5) is 29.3. The molecule has 2 aromatic rings. The number of anilines is 1. The van der Waals surface area contributed by atoms with E-state index in [4.69, 9.17) is 4.74 Å². The first-order chi connectivity index (χ1) is 12.9. The Morgan fingerprint density at radius 2 is 1.74 bits per heavy atom. The third-order valence-electron chi connectivity index (χ3n) is 5.13. The number of rotatable bonds is 4. The molecule has 1 saturated heterocycles. The van der Waals surface area contributed by atoms with Gasteiger partial charge in [-0.25, -0.2) is 0 Å². The van der Waals surface area contributed by atoms with Crippen LogP contribution in [-0.4, -0.2) is 43.0 Å². The fourth-order valence-electron chi connectivity index (χ4n) is 3.42. The normalized spacial score (nSPS) is 17.4. The standard InChI is InChI=1S/C22H26N2O3/c1-15(2)17-9-11-18(12-10-17)24-14-13-23(16(3)21(24)25)22(26)19-7-5-6-8-20(19)27-4/h5-12,15-16H,13-14H2,1-4H3/t16-/m0/s1. The Hall–Kier alpha value is -2.82. The highest BCUT2D eigenvalue weighted by atomic mass is 16.5. The highest BCUT2D eigenvalue weighted by Gasteiger charge is 2.36. The molecule has 0 bridgehead atoms. The molecule has 5 nitrogen and oxygen atoms in total. The summed E-state index contributed by atoms with van der Waals surface area (Å²) in [7, 11) is 1.54. The number of piperazine rings is 1. The van der Waals surface area contributed by atoms with Gasteiger partial charge in [-0.1, -0.05) is 38.1 Å². The van der Waals surface area contributed by atoms with Crippen LogP contribution in [-0.2, 0) is 4.79 Å². The van der Waals surface area contributed by atoms with Gasteiger partial charge in [-0.15, -0.1) is 0 Å². The molecule has 1 fully saturated rings. The van der Waals surface area contributed by atoms with Gasteiger partial charge in [0.1, 0.15) is 11.8 Å². The number of para-hydroxylation sites is 1. The van der Waals surface area contributed by atoms with Crippen molar-refractivity contribution in [1.29, 1.82) is 0 Å². The lowest BCUT2D eigenvalue weighted by Gasteiger charge is -2.39. The maximum atomic E-state index is 13.0. The largest absolute Gasteiger partial charge is 0.496 e. The number of carbonyl (C=O) groups is 2. The predicted molar refractivity (Wildman–Crippen MR) is 106 cm³/mol. The van der Waals surface area contributed by atoms with E-state index in [9.17, 15) is 9.59 Å². The molecule has 0 radical (unpaired) electrons. The third-order valence-corrected chi connectivity index (χ3v) is 5.13. The smallest absolute Gasteiger partial charge is 0.258 e. The van der Waals surface area contributed by atoms with Crippen LogP contribution in [0.25, 0.3) is 0 Å². The fraction of sp³-hybridized carbons (Fsp3) is 0.364. The van der Waals surface area contributed by atoms with Gasteiger partial charge in [0.15, 0.2) is 0 Å². The molecule has 0 aliphatic carbocycles. The van der Waals surface area contributed by atoms with E-state index in [1.807, 2.05) is 18.2 Å². The molecule has 5 heteroatoms. The minimum absolute atomic E-state index is 0.0678. The molecule has 2 aromatic carbocycles. The summed E-state index contributed by atoms with van der Waals surface area (Å²) in [6.45, 7) is 7.03. The fourth-order valence-corrected chi connectivity index (χ4v) is 3.42. The van der Waals surface area contributed by atoms with Crippen LogP contribution in [0.2, 0.25) is 0 Å². The van der Waals surface area contributed by atoms with Crippen molar-refractivity contribution >= 4 is 17.5 Å². The molecule has 0 saturated carbocycles. The monoisotopic (exact) mass is 366 g/mol. The van der Waals surface area contributed by atoms with E-state index in [1.165, 1.54) is 5.56 Å². The zero-order chi connectivity index (χ0) is 19.6. The molecule has 1 aliphatic heterocycles. The molecular formula is C22H26N2O3. The zero-order valence-electron chi connectivity index (χ0n) is 16.3. The highest BCUT2D eigenvalue weighted by molar-refractivity contribution is 6.04. The van der Waals surface area contributed by atoms with Crippen LogP contribution in [0.5, 0.6) is 5.75 Å². The number of methoxy groups -OCH3 is 1. The summed E-state index contributed by atoms with van der Waals surface area (Å²) in [5.74, 6) is 0.725. The number of amides is 2. The van der Waals surface area contributed by atoms with Crippen LogP contribution >= 0.6 is 0 Å². The van der Waals surface area contributed by atoms with Gasteiger partial charge < -0.3 is 14.5 Å². The molecule has 1 aliphatic rings. The van der Waals surface area contributed by atoms with Crippen molar-refractivity contribution in [2.24, 2.45) is 0 Å². The van der Waals surface area contributed by atoms with Gasteiger partial charge in [0.2, 0.25) is 5.91 Å². The molecular weight excluding hydrogens is 340 g/mol. The summed E-state index contributed by atoms with van der Waals surface area (Å²) in [5, 5.41) is 0. The molecule has 1 atom stereocenters. The Morgan fingerprint density at radius 1 is 1.07 bits per heavy atom. The van der Waals surface area contributed by atoms with Crippen molar-refractivity contribution in [1.82, 2.24) is 4.90 Å². The SMILES string of the molecule is COc1ccccc1C(=O)N1CCN(c2ccc(C(C)C)cc2)C(=O)[C@@H]1C. The number of ether oxygens (including phenoxy) is 1. The van der Waals surface area contributed by atoms with Gasteiger partial charge in [-0.2, -0.15) is 0 Å². The van der Waals surface area contributed by atoms with Gasteiger partial charge >= 0.3 is 0 Å². The summed E-state index contributed by atoms with van der Waals surface area (Å²) < 4.78 is 5.30. The average molecular weight is 366 g/mol. The maximum absolute atomic E-state index is 13.0. The highest BCUT2D eigenvalue weighted by Crippen LogP contribution is 2.26. The second-order valence-corrected chi connectivity index (χ2v) is 7.11. The van der Waals surface area contributed by atoms with Gasteiger partial charge in [0.25, 0.3) is 5.91 Å². The quantitative estimate of drug-likeness (QED) is 0.829. The maximum Gasteiger partial charge on any atom is 0.258 e. The average Bonchev–Trinajstić information content (AvgIpc) is 2.69. The number of hydrogen-bond acceptors (Lipinski definition) is 3. The topological polar surface area (TPSA) is 49.9 Å². The van der Waals surface area contributed by atoms with Crippen molar-refractivity contribution in [2.75, 3.05) is 25.1 Å². The molecule has 0 aromatic heterocycles. The van der Waals surface area contributed by atoms with Crippen LogP contribution < -0.4 is 9.64 Å². The summed E-state index contributed by atoms with van der Waals surface area (Å²) >= 11 is 0. The van der Waals surface area contributed by atoms with Gasteiger partial charge in [-0.05, 0) is 42.7 Å². The first-order valence-corrected chi connectivity index (χ1v) is 9.29. The second kappa shape index (κ2) is 7.82. The molecule has 2 amide bonds. The van der Waals surface area contributed by atoms with Gasteiger partial charge in [0.05, 0.1) is 12.7 Å². The Bertz CT molecular complexity index is 830. The molecule has 142 valence electrons. The van der Waals surface area contributed by atoms with E-state index >= 15 is 0 Å². The molecule has 1 heterocycles. The molecule has 0 N–H and O–H groups in total. The first kappa shape index (κ1) is 19.0. The first-order valence-electron chi connectivity index (χ1n) is 9.29. The second-order valence-electron chi connectivity index (χ2n) is 7.11. The van der Waals surface area contributed by atoms with E-state index < -0.39 is 6.04 Å². The van der Waals surface area contributed by atoms with E-state index in [0.717, 1.165) is 5.69 Å². The van der Waals surface area contributed by atoms with Gasteiger partial charge in [0, 0.05) is 18.8 Å². The van der Waals surface area contributed by atoms with Crippen LogP contribution in [0.3, 0.4) is 0 Å². The number of carbonyl (C=O) groups excluding carboxylic acids is 2. The minimum Gasteiger partial charge on any atom is -0.496 e. The van der Waals surface area contributed by atoms with Crippen molar-refractivity contribution in [3.63, 3.8) is 0 Å². The van der Waals surface area contributed by atoms with E-state index in [2.05, 4.69) is 26.0 Å². The lowest BCUT2D eigenvalue weighted by molar-refractivity contribution is -0.124. The number of nitrogens with zero attached hydrogens (tertiary/aromatic N) is 2. The van der Waals surface area contributed by atoms with Crippen LogP contribution in [0.15, 0.2) is 48.5 Å². The summed E-state index contributed by atoms with van der Waals surface area (Å²) in [5.41, 5.74) is 2.60. The number of benzene rings is 2. The van der Waals surface area contributed by atoms with Gasteiger partial charge in [-0.3, -0.25) is 9.59 Å².